The molecule has 0 aliphatic carbocycles. The van der Waals surface area contributed by atoms with Crippen LogP contribution in [0.2, 0.25) is 0 Å². The number of hydrogen-bond donors (Lipinski definition) is 0. The van der Waals surface area contributed by atoms with Crippen LogP contribution in [0.25, 0.3) is 0 Å². The Balaban J connectivity index is 0.00000225. The minimum Gasteiger partial charge on any atom is -0.292 e. The van der Waals surface area contributed by atoms with E-state index >= 15 is 0 Å². The van der Waals surface area contributed by atoms with Gasteiger partial charge in [-0.1, -0.05) is 30.3 Å². The molecule has 4 nitrogen and oxygen atoms in total. The first-order valence-electron chi connectivity index (χ1n) is 7.89. The molecule has 0 aromatic heterocycles. The van der Waals surface area contributed by atoms with Gasteiger partial charge in [0.1, 0.15) is 11.6 Å². The zero-order valence-corrected chi connectivity index (χ0v) is 14.3. The quantitative estimate of drug-likeness (QED) is 0.605. The first kappa shape index (κ1) is 19.3. The Bertz CT molecular complexity index is 730. The van der Waals surface area contributed by atoms with Crippen LogP contribution in [0.15, 0.2) is 48.5 Å². The number of nitro groups is 1. The molecule has 7 heteroatoms. The monoisotopic (exact) mass is 368 g/mol. The molecule has 0 bridgehead atoms. The molecule has 134 valence electrons. The van der Waals surface area contributed by atoms with E-state index in [4.69, 9.17) is 0 Å². The Hall–Kier alpha value is -2.05. The van der Waals surface area contributed by atoms with Crippen molar-refractivity contribution in [3.8, 4) is 0 Å². The minimum absolute atomic E-state index is 0. The van der Waals surface area contributed by atoms with Gasteiger partial charge in [0.05, 0.1) is 12.5 Å². The summed E-state index contributed by atoms with van der Waals surface area (Å²) in [5.41, 5.74) is 1.19. The van der Waals surface area contributed by atoms with Crippen molar-refractivity contribution in [2.45, 2.75) is 24.9 Å². The molecule has 1 aliphatic rings. The number of rotatable bonds is 4. The van der Waals surface area contributed by atoms with Crippen molar-refractivity contribution >= 4 is 12.4 Å². The average molecular weight is 369 g/mol. The van der Waals surface area contributed by atoms with E-state index in [2.05, 4.69) is 0 Å². The summed E-state index contributed by atoms with van der Waals surface area (Å²) in [5, 5.41) is 11.5. The molecule has 1 saturated heterocycles. The summed E-state index contributed by atoms with van der Waals surface area (Å²) in [6.45, 7) is 1.45. The second-order valence-corrected chi connectivity index (χ2v) is 6.13. The fraction of sp³-hybridized carbons (Fsp3) is 0.333. The Morgan fingerprint density at radius 2 is 1.88 bits per heavy atom. The Morgan fingerprint density at radius 3 is 2.56 bits per heavy atom. The average Bonchev–Trinajstić information content (AvgIpc) is 2.58. The van der Waals surface area contributed by atoms with Crippen LogP contribution in [-0.2, 0) is 6.54 Å². The van der Waals surface area contributed by atoms with Gasteiger partial charge in [-0.15, -0.1) is 12.4 Å². The van der Waals surface area contributed by atoms with Gasteiger partial charge < -0.3 is 0 Å². The predicted octanol–water partition coefficient (Wildman–Crippen LogP) is 4.02. The van der Waals surface area contributed by atoms with Crippen LogP contribution in [0.1, 0.15) is 23.5 Å². The van der Waals surface area contributed by atoms with E-state index in [1.807, 2.05) is 35.2 Å². The molecule has 2 aromatic carbocycles. The van der Waals surface area contributed by atoms with Crippen molar-refractivity contribution in [1.29, 1.82) is 0 Å². The third-order valence-electron chi connectivity index (χ3n) is 4.54. The lowest BCUT2D eigenvalue weighted by atomic mass is 9.85. The number of hydrogen-bond acceptors (Lipinski definition) is 3. The molecule has 1 fully saturated rings. The summed E-state index contributed by atoms with van der Waals surface area (Å²) in [5.74, 6) is -1.76. The maximum Gasteiger partial charge on any atom is 0.232 e. The summed E-state index contributed by atoms with van der Waals surface area (Å²) in [4.78, 5) is 13.1. The first-order chi connectivity index (χ1) is 11.5. The third kappa shape index (κ3) is 4.52. The molecule has 1 aliphatic heterocycles. The molecule has 2 aromatic rings. The largest absolute Gasteiger partial charge is 0.292 e. The second-order valence-electron chi connectivity index (χ2n) is 6.13. The van der Waals surface area contributed by atoms with Gasteiger partial charge in [-0.25, -0.2) is 8.78 Å². The zero-order valence-electron chi connectivity index (χ0n) is 13.5. The number of likely N-dealkylation sites (tertiary alicyclic amines) is 1. The molecular formula is C18H19ClF2N2O2. The molecule has 0 saturated carbocycles. The topological polar surface area (TPSA) is 46.4 Å². The zero-order chi connectivity index (χ0) is 17.1. The van der Waals surface area contributed by atoms with E-state index in [-0.39, 0.29) is 29.4 Å². The number of piperidine rings is 1. The molecule has 0 N–H and O–H groups in total. The maximum absolute atomic E-state index is 14.0. The molecule has 0 radical (unpaired) electrons. The summed E-state index contributed by atoms with van der Waals surface area (Å²) >= 11 is 0. The Morgan fingerprint density at radius 1 is 1.16 bits per heavy atom. The fourth-order valence-electron chi connectivity index (χ4n) is 3.36. The molecule has 2 atom stereocenters. The number of nitrogens with zero attached hydrogens (tertiary/aromatic N) is 2. The number of halogens is 3. The standard InChI is InChI=1S/C18H18F2N2O2.ClH/c19-14-6-7-17(20)16(10-14)15-8-9-21(12-18(15)22(23)24)11-13-4-2-1-3-5-13;/h1-7,10,15,18H,8-9,11-12H2;1H/t15-,18+;/m1./s1. The minimum atomic E-state index is -0.946. The van der Waals surface area contributed by atoms with Gasteiger partial charge in [0.25, 0.3) is 0 Å². The fourth-order valence-corrected chi connectivity index (χ4v) is 3.36. The summed E-state index contributed by atoms with van der Waals surface area (Å²) in [7, 11) is 0. The van der Waals surface area contributed by atoms with Crippen LogP contribution in [0, 0.1) is 21.7 Å². The van der Waals surface area contributed by atoms with Gasteiger partial charge in [-0.05, 0) is 36.7 Å². The van der Waals surface area contributed by atoms with Crippen LogP contribution < -0.4 is 0 Å². The highest BCUT2D eigenvalue weighted by molar-refractivity contribution is 5.85. The SMILES string of the molecule is Cl.O=[N+]([O-])[C@H]1CN(Cc2ccccc2)CC[C@@H]1c1cc(F)ccc1F. The normalized spacial score (nSPS) is 20.7. The van der Waals surface area contributed by atoms with Gasteiger partial charge >= 0.3 is 0 Å². The second kappa shape index (κ2) is 8.36. The van der Waals surface area contributed by atoms with E-state index in [0.717, 1.165) is 23.8 Å². The van der Waals surface area contributed by atoms with Crippen LogP contribution in [0.5, 0.6) is 0 Å². The first-order valence-corrected chi connectivity index (χ1v) is 7.89. The van der Waals surface area contributed by atoms with Crippen LogP contribution in [0.3, 0.4) is 0 Å². The van der Waals surface area contributed by atoms with Crippen LogP contribution >= 0.6 is 12.4 Å². The van der Waals surface area contributed by atoms with Crippen LogP contribution in [0.4, 0.5) is 8.78 Å². The lowest BCUT2D eigenvalue weighted by molar-refractivity contribution is -0.530. The maximum atomic E-state index is 14.0. The Kier molecular flexibility index (Phi) is 6.45. The highest BCUT2D eigenvalue weighted by Crippen LogP contribution is 2.32. The van der Waals surface area contributed by atoms with E-state index in [0.29, 0.717) is 19.5 Å². The molecule has 0 amide bonds. The molecular weight excluding hydrogens is 350 g/mol. The molecule has 0 spiro atoms. The van der Waals surface area contributed by atoms with Crippen molar-refractivity contribution in [3.63, 3.8) is 0 Å². The molecule has 1 heterocycles. The van der Waals surface area contributed by atoms with Crippen molar-refractivity contribution in [1.82, 2.24) is 4.90 Å². The third-order valence-corrected chi connectivity index (χ3v) is 4.54. The van der Waals surface area contributed by atoms with Crippen molar-refractivity contribution in [2.75, 3.05) is 13.1 Å². The lowest BCUT2D eigenvalue weighted by Crippen LogP contribution is -2.46. The lowest BCUT2D eigenvalue weighted by Gasteiger charge is -2.34. The van der Waals surface area contributed by atoms with Crippen molar-refractivity contribution in [3.05, 3.63) is 81.4 Å². The van der Waals surface area contributed by atoms with E-state index in [9.17, 15) is 18.9 Å². The molecule has 3 rings (SSSR count). The van der Waals surface area contributed by atoms with E-state index < -0.39 is 23.6 Å². The molecule has 0 unspecified atom stereocenters. The van der Waals surface area contributed by atoms with Crippen LogP contribution in [-0.4, -0.2) is 29.0 Å². The summed E-state index contributed by atoms with van der Waals surface area (Å²) < 4.78 is 27.5. The van der Waals surface area contributed by atoms with Gasteiger partial charge in [0.2, 0.25) is 6.04 Å². The van der Waals surface area contributed by atoms with Gasteiger partial charge in [-0.3, -0.25) is 15.0 Å². The highest BCUT2D eigenvalue weighted by atomic mass is 35.5. The molecule has 25 heavy (non-hydrogen) atoms. The number of benzene rings is 2. The summed E-state index contributed by atoms with van der Waals surface area (Å²) in [6, 6.07) is 11.9. The summed E-state index contributed by atoms with van der Waals surface area (Å²) in [6.07, 6.45) is 0.429. The smallest absolute Gasteiger partial charge is 0.232 e. The Labute approximate surface area is 151 Å². The van der Waals surface area contributed by atoms with Gasteiger partial charge in [0, 0.05) is 17.0 Å². The highest BCUT2D eigenvalue weighted by Gasteiger charge is 2.39. The van der Waals surface area contributed by atoms with Gasteiger partial charge in [0.15, 0.2) is 0 Å². The van der Waals surface area contributed by atoms with Crippen molar-refractivity contribution < 1.29 is 13.7 Å². The van der Waals surface area contributed by atoms with Crippen molar-refractivity contribution in [2.24, 2.45) is 0 Å². The van der Waals surface area contributed by atoms with E-state index in [1.165, 1.54) is 0 Å². The van der Waals surface area contributed by atoms with E-state index in [1.54, 1.807) is 0 Å². The predicted molar refractivity (Wildman–Crippen MR) is 93.5 cm³/mol. The van der Waals surface area contributed by atoms with Gasteiger partial charge in [-0.2, -0.15) is 0 Å².